The maximum Gasteiger partial charge on any atom is 0.228 e. The SMILES string of the molecule is CCC(CC)(OC)c1noc(CC(N)C(C)C)n1. The molecule has 0 radical (unpaired) electrons. The summed E-state index contributed by atoms with van der Waals surface area (Å²) in [4.78, 5) is 4.43. The molecule has 1 atom stereocenters. The van der Waals surface area contributed by atoms with Crippen molar-refractivity contribution in [1.29, 1.82) is 0 Å². The quantitative estimate of drug-likeness (QED) is 0.809. The zero-order valence-corrected chi connectivity index (χ0v) is 12.1. The normalized spacial score (nSPS) is 14.2. The first kappa shape index (κ1) is 15.1. The molecule has 18 heavy (non-hydrogen) atoms. The zero-order valence-electron chi connectivity index (χ0n) is 12.1. The molecule has 0 bridgehead atoms. The lowest BCUT2D eigenvalue weighted by Crippen LogP contribution is -2.30. The molecule has 2 N–H and O–H groups in total. The molecule has 0 aliphatic rings. The molecular weight excluding hydrogens is 230 g/mol. The van der Waals surface area contributed by atoms with Crippen LogP contribution in [-0.4, -0.2) is 23.3 Å². The molecule has 0 fully saturated rings. The van der Waals surface area contributed by atoms with E-state index in [1.165, 1.54) is 0 Å². The van der Waals surface area contributed by atoms with E-state index in [0.29, 0.717) is 24.1 Å². The molecule has 0 amide bonds. The summed E-state index contributed by atoms with van der Waals surface area (Å²) in [5.74, 6) is 1.61. The van der Waals surface area contributed by atoms with Crippen molar-refractivity contribution >= 4 is 0 Å². The Morgan fingerprint density at radius 2 is 1.94 bits per heavy atom. The van der Waals surface area contributed by atoms with Gasteiger partial charge in [-0.2, -0.15) is 4.98 Å². The van der Waals surface area contributed by atoms with E-state index in [1.54, 1.807) is 7.11 Å². The van der Waals surface area contributed by atoms with E-state index >= 15 is 0 Å². The predicted molar refractivity (Wildman–Crippen MR) is 70.1 cm³/mol. The van der Waals surface area contributed by atoms with Crippen molar-refractivity contribution in [3.8, 4) is 0 Å². The van der Waals surface area contributed by atoms with Gasteiger partial charge in [-0.25, -0.2) is 0 Å². The van der Waals surface area contributed by atoms with E-state index in [4.69, 9.17) is 15.0 Å². The number of nitrogens with two attached hydrogens (primary N) is 1. The Morgan fingerprint density at radius 1 is 1.33 bits per heavy atom. The fraction of sp³-hybridized carbons (Fsp3) is 0.846. The van der Waals surface area contributed by atoms with Gasteiger partial charge >= 0.3 is 0 Å². The first-order valence-corrected chi connectivity index (χ1v) is 6.62. The van der Waals surface area contributed by atoms with Crippen molar-refractivity contribution in [2.45, 2.75) is 58.6 Å². The van der Waals surface area contributed by atoms with Crippen LogP contribution in [0.2, 0.25) is 0 Å². The lowest BCUT2D eigenvalue weighted by molar-refractivity contribution is -0.0306. The number of methoxy groups -OCH3 is 1. The summed E-state index contributed by atoms with van der Waals surface area (Å²) in [5, 5.41) is 4.05. The molecule has 0 saturated heterocycles. The van der Waals surface area contributed by atoms with Gasteiger partial charge in [0.1, 0.15) is 5.60 Å². The Morgan fingerprint density at radius 3 is 2.39 bits per heavy atom. The molecule has 5 heteroatoms. The highest BCUT2D eigenvalue weighted by Crippen LogP contribution is 2.30. The molecule has 1 aromatic rings. The van der Waals surface area contributed by atoms with E-state index in [9.17, 15) is 0 Å². The first-order chi connectivity index (χ1) is 8.49. The van der Waals surface area contributed by atoms with Crippen molar-refractivity contribution in [2.75, 3.05) is 7.11 Å². The van der Waals surface area contributed by atoms with E-state index in [1.807, 2.05) is 0 Å². The molecule has 1 unspecified atom stereocenters. The summed E-state index contributed by atoms with van der Waals surface area (Å²) < 4.78 is 10.8. The van der Waals surface area contributed by atoms with Crippen LogP contribution in [0, 0.1) is 5.92 Å². The Balaban J connectivity index is 2.85. The van der Waals surface area contributed by atoms with Crippen LogP contribution in [0.1, 0.15) is 52.3 Å². The maximum atomic E-state index is 6.01. The monoisotopic (exact) mass is 255 g/mol. The third kappa shape index (κ3) is 3.09. The van der Waals surface area contributed by atoms with Crippen molar-refractivity contribution in [2.24, 2.45) is 11.7 Å². The minimum Gasteiger partial charge on any atom is -0.370 e. The van der Waals surface area contributed by atoms with E-state index in [2.05, 4.69) is 37.8 Å². The summed E-state index contributed by atoms with van der Waals surface area (Å²) in [7, 11) is 1.68. The molecule has 0 saturated carbocycles. The molecule has 0 spiro atoms. The summed E-state index contributed by atoms with van der Waals surface area (Å²) >= 11 is 0. The first-order valence-electron chi connectivity index (χ1n) is 6.62. The van der Waals surface area contributed by atoms with Gasteiger partial charge in [0.25, 0.3) is 0 Å². The van der Waals surface area contributed by atoms with Crippen LogP contribution in [0.25, 0.3) is 0 Å². The average Bonchev–Trinajstić information content (AvgIpc) is 2.81. The summed E-state index contributed by atoms with van der Waals surface area (Å²) in [6.07, 6.45) is 2.24. The van der Waals surface area contributed by atoms with Gasteiger partial charge in [0.05, 0.1) is 0 Å². The third-order valence-corrected chi connectivity index (χ3v) is 3.68. The number of hydrogen-bond donors (Lipinski definition) is 1. The van der Waals surface area contributed by atoms with Crippen molar-refractivity contribution in [3.05, 3.63) is 11.7 Å². The highest BCUT2D eigenvalue weighted by molar-refractivity contribution is 5.01. The predicted octanol–water partition coefficient (Wildman–Crippen LogP) is 2.26. The van der Waals surface area contributed by atoms with Gasteiger partial charge in [-0.1, -0.05) is 32.9 Å². The lowest BCUT2D eigenvalue weighted by Gasteiger charge is -2.25. The second-order valence-corrected chi connectivity index (χ2v) is 5.03. The minimum absolute atomic E-state index is 0.0403. The number of ether oxygens (including phenoxy) is 1. The fourth-order valence-electron chi connectivity index (χ4n) is 1.91. The molecule has 0 aliphatic carbocycles. The maximum absolute atomic E-state index is 6.01. The van der Waals surface area contributed by atoms with Gasteiger partial charge in [-0.05, 0) is 18.8 Å². The van der Waals surface area contributed by atoms with Gasteiger partial charge < -0.3 is 15.0 Å². The topological polar surface area (TPSA) is 74.2 Å². The van der Waals surface area contributed by atoms with E-state index < -0.39 is 5.60 Å². The van der Waals surface area contributed by atoms with Crippen LogP contribution in [0.3, 0.4) is 0 Å². The standard InChI is InChI=1S/C13H25N3O2/c1-6-13(7-2,17-5)12-15-11(18-16-12)8-10(14)9(3)4/h9-10H,6-8,14H2,1-5H3. The third-order valence-electron chi connectivity index (χ3n) is 3.68. The van der Waals surface area contributed by atoms with Crippen molar-refractivity contribution in [3.63, 3.8) is 0 Å². The number of aromatic nitrogens is 2. The highest BCUT2D eigenvalue weighted by atomic mass is 16.5. The van der Waals surface area contributed by atoms with Gasteiger partial charge in [-0.3, -0.25) is 0 Å². The van der Waals surface area contributed by atoms with Gasteiger partial charge in [0.2, 0.25) is 11.7 Å². The molecule has 1 heterocycles. The molecule has 0 aliphatic heterocycles. The summed E-state index contributed by atoms with van der Waals surface area (Å²) in [6, 6.07) is 0.0403. The fourth-order valence-corrected chi connectivity index (χ4v) is 1.91. The lowest BCUT2D eigenvalue weighted by atomic mass is 9.96. The van der Waals surface area contributed by atoms with Gasteiger partial charge in [0.15, 0.2) is 0 Å². The second-order valence-electron chi connectivity index (χ2n) is 5.03. The Kier molecular flexibility index (Phi) is 5.28. The largest absolute Gasteiger partial charge is 0.370 e. The summed E-state index contributed by atoms with van der Waals surface area (Å²) in [6.45, 7) is 8.28. The number of rotatable bonds is 7. The van der Waals surface area contributed by atoms with Crippen LogP contribution in [-0.2, 0) is 16.8 Å². The molecular formula is C13H25N3O2. The van der Waals surface area contributed by atoms with E-state index in [0.717, 1.165) is 12.8 Å². The number of hydrogen-bond acceptors (Lipinski definition) is 5. The van der Waals surface area contributed by atoms with Crippen LogP contribution in [0.15, 0.2) is 4.52 Å². The smallest absolute Gasteiger partial charge is 0.228 e. The van der Waals surface area contributed by atoms with E-state index in [-0.39, 0.29) is 6.04 Å². The van der Waals surface area contributed by atoms with Gasteiger partial charge in [0, 0.05) is 19.6 Å². The van der Waals surface area contributed by atoms with Crippen LogP contribution in [0.5, 0.6) is 0 Å². The molecule has 104 valence electrons. The van der Waals surface area contributed by atoms with Crippen LogP contribution >= 0.6 is 0 Å². The Hall–Kier alpha value is -0.940. The Bertz CT molecular complexity index is 351. The second kappa shape index (κ2) is 6.29. The average molecular weight is 255 g/mol. The minimum atomic E-state index is -0.441. The van der Waals surface area contributed by atoms with Crippen molar-refractivity contribution in [1.82, 2.24) is 10.1 Å². The highest BCUT2D eigenvalue weighted by Gasteiger charge is 2.33. The van der Waals surface area contributed by atoms with Crippen LogP contribution < -0.4 is 5.73 Å². The number of nitrogens with zero attached hydrogens (tertiary/aromatic N) is 2. The molecule has 1 rings (SSSR count). The molecule has 0 aromatic carbocycles. The molecule has 1 aromatic heterocycles. The van der Waals surface area contributed by atoms with Crippen LogP contribution in [0.4, 0.5) is 0 Å². The molecule has 5 nitrogen and oxygen atoms in total. The zero-order chi connectivity index (χ0) is 13.8. The summed E-state index contributed by atoms with van der Waals surface area (Å²) in [5.41, 5.74) is 5.56. The Labute approximate surface area is 109 Å². The van der Waals surface area contributed by atoms with Gasteiger partial charge in [-0.15, -0.1) is 0 Å². The van der Waals surface area contributed by atoms with Crippen molar-refractivity contribution < 1.29 is 9.26 Å².